The summed E-state index contributed by atoms with van der Waals surface area (Å²) in [6.45, 7) is 3.71. The summed E-state index contributed by atoms with van der Waals surface area (Å²) in [6.07, 6.45) is -4.54. The van der Waals surface area contributed by atoms with Crippen LogP contribution >= 0.6 is 11.8 Å². The molecular weight excluding hydrogens is 387 g/mol. The Hall–Kier alpha value is -2.48. The van der Waals surface area contributed by atoms with Crippen LogP contribution in [0.4, 0.5) is 18.9 Å². The number of imidazole rings is 1. The van der Waals surface area contributed by atoms with E-state index in [0.717, 1.165) is 17.1 Å². The van der Waals surface area contributed by atoms with E-state index < -0.39 is 22.9 Å². The molecule has 3 rings (SSSR count). The molecule has 3 aromatic rings. The molecule has 0 bridgehead atoms. The molecule has 0 aliphatic carbocycles. The molecule has 0 spiro atoms. The molecule has 0 aliphatic rings. The summed E-state index contributed by atoms with van der Waals surface area (Å²) < 4.78 is 41.5. The van der Waals surface area contributed by atoms with Crippen LogP contribution in [-0.2, 0) is 18.0 Å². The van der Waals surface area contributed by atoms with Crippen LogP contribution in [-0.4, -0.2) is 20.7 Å². The number of halogens is 3. The zero-order valence-corrected chi connectivity index (χ0v) is 16.4. The van der Waals surface area contributed by atoms with E-state index in [4.69, 9.17) is 0 Å². The van der Waals surface area contributed by atoms with Gasteiger partial charge in [-0.3, -0.25) is 4.79 Å². The molecule has 0 aliphatic heterocycles. The topological polar surface area (TPSA) is 46.9 Å². The molecule has 4 nitrogen and oxygen atoms in total. The van der Waals surface area contributed by atoms with Gasteiger partial charge in [-0.05, 0) is 30.2 Å². The Morgan fingerprint density at radius 3 is 2.39 bits per heavy atom. The SMILES string of the molecule is CC(C)C(Sc1nc2ccccc2n1C)C(=O)Nc1ccccc1C(F)(F)F. The number of fused-ring (bicyclic) bond motifs is 1. The van der Waals surface area contributed by atoms with Crippen LogP contribution in [0.2, 0.25) is 0 Å². The summed E-state index contributed by atoms with van der Waals surface area (Å²) in [5.41, 5.74) is 0.628. The van der Waals surface area contributed by atoms with Crippen LogP contribution in [0.25, 0.3) is 11.0 Å². The first-order valence-corrected chi connectivity index (χ1v) is 9.61. The molecule has 1 N–H and O–H groups in total. The number of nitrogens with one attached hydrogen (secondary N) is 1. The van der Waals surface area contributed by atoms with Gasteiger partial charge in [-0.15, -0.1) is 0 Å². The van der Waals surface area contributed by atoms with E-state index >= 15 is 0 Å². The number of anilines is 1. The molecule has 0 radical (unpaired) electrons. The molecule has 1 aromatic heterocycles. The van der Waals surface area contributed by atoms with E-state index in [1.54, 1.807) is 0 Å². The number of hydrogen-bond acceptors (Lipinski definition) is 3. The van der Waals surface area contributed by atoms with Gasteiger partial charge in [0.1, 0.15) is 0 Å². The van der Waals surface area contributed by atoms with E-state index in [2.05, 4.69) is 10.3 Å². The molecule has 1 atom stereocenters. The fourth-order valence-corrected chi connectivity index (χ4v) is 3.95. The van der Waals surface area contributed by atoms with Crippen molar-refractivity contribution < 1.29 is 18.0 Å². The predicted molar refractivity (Wildman–Crippen MR) is 105 cm³/mol. The average Bonchev–Trinajstić information content (AvgIpc) is 2.95. The molecule has 28 heavy (non-hydrogen) atoms. The van der Waals surface area contributed by atoms with Gasteiger partial charge in [-0.2, -0.15) is 13.2 Å². The fourth-order valence-electron chi connectivity index (χ4n) is 2.88. The molecule has 2 aromatic carbocycles. The number of carbonyl (C=O) groups excluding carboxylic acids is 1. The van der Waals surface area contributed by atoms with Crippen molar-refractivity contribution in [3.63, 3.8) is 0 Å². The third kappa shape index (κ3) is 4.16. The maximum absolute atomic E-state index is 13.2. The zero-order valence-electron chi connectivity index (χ0n) is 15.6. The van der Waals surface area contributed by atoms with Crippen molar-refractivity contribution in [2.24, 2.45) is 13.0 Å². The monoisotopic (exact) mass is 407 g/mol. The second-order valence-corrected chi connectivity index (χ2v) is 7.87. The second kappa shape index (κ2) is 7.87. The smallest absolute Gasteiger partial charge is 0.325 e. The molecule has 0 fully saturated rings. The van der Waals surface area contributed by atoms with E-state index in [9.17, 15) is 18.0 Å². The number of hydrogen-bond donors (Lipinski definition) is 1. The van der Waals surface area contributed by atoms with Crippen LogP contribution in [0.15, 0.2) is 53.7 Å². The first-order chi connectivity index (χ1) is 13.2. The third-order valence-electron chi connectivity index (χ3n) is 4.33. The van der Waals surface area contributed by atoms with Gasteiger partial charge in [-0.25, -0.2) is 4.98 Å². The molecule has 148 valence electrons. The van der Waals surface area contributed by atoms with Crippen LogP contribution < -0.4 is 5.32 Å². The number of para-hydroxylation sites is 3. The molecule has 1 heterocycles. The largest absolute Gasteiger partial charge is 0.418 e. The van der Waals surface area contributed by atoms with Crippen LogP contribution in [0.5, 0.6) is 0 Å². The van der Waals surface area contributed by atoms with Gasteiger partial charge in [-0.1, -0.05) is 49.9 Å². The maximum Gasteiger partial charge on any atom is 0.418 e. The standard InChI is InChI=1S/C20H20F3N3OS/c1-12(2)17(28-19-25-15-10-6-7-11-16(15)26(19)3)18(27)24-14-9-5-4-8-13(14)20(21,22)23/h4-12,17H,1-3H3,(H,24,27). The summed E-state index contributed by atoms with van der Waals surface area (Å²) in [7, 11) is 1.85. The van der Waals surface area contributed by atoms with E-state index in [1.807, 2.05) is 49.7 Å². The van der Waals surface area contributed by atoms with Gasteiger partial charge in [0.2, 0.25) is 5.91 Å². The Morgan fingerprint density at radius 2 is 1.75 bits per heavy atom. The van der Waals surface area contributed by atoms with Crippen molar-refractivity contribution in [2.45, 2.75) is 30.4 Å². The van der Waals surface area contributed by atoms with Gasteiger partial charge in [0.25, 0.3) is 0 Å². The number of carbonyl (C=O) groups is 1. The maximum atomic E-state index is 13.2. The molecule has 1 amide bonds. The highest BCUT2D eigenvalue weighted by Crippen LogP contribution is 2.36. The minimum Gasteiger partial charge on any atom is -0.325 e. The fraction of sp³-hybridized carbons (Fsp3) is 0.300. The Kier molecular flexibility index (Phi) is 5.69. The number of alkyl halides is 3. The van der Waals surface area contributed by atoms with Gasteiger partial charge < -0.3 is 9.88 Å². The van der Waals surface area contributed by atoms with E-state index in [1.165, 1.54) is 30.0 Å². The lowest BCUT2D eigenvalue weighted by Gasteiger charge is -2.21. The minimum atomic E-state index is -4.54. The number of benzene rings is 2. The summed E-state index contributed by atoms with van der Waals surface area (Å²) in [4.78, 5) is 17.4. The lowest BCUT2D eigenvalue weighted by Crippen LogP contribution is -2.30. The minimum absolute atomic E-state index is 0.108. The third-order valence-corrected chi connectivity index (χ3v) is 5.92. The summed E-state index contributed by atoms with van der Waals surface area (Å²) >= 11 is 1.25. The van der Waals surface area contributed by atoms with Gasteiger partial charge in [0, 0.05) is 7.05 Å². The summed E-state index contributed by atoms with van der Waals surface area (Å²) in [5, 5.41) is 2.49. The molecule has 0 saturated heterocycles. The lowest BCUT2D eigenvalue weighted by molar-refractivity contribution is -0.137. The number of nitrogens with zero attached hydrogens (tertiary/aromatic N) is 2. The normalized spacial score (nSPS) is 13.1. The first-order valence-electron chi connectivity index (χ1n) is 8.73. The van der Waals surface area contributed by atoms with Gasteiger partial charge >= 0.3 is 6.18 Å². The number of rotatable bonds is 5. The highest BCUT2D eigenvalue weighted by Gasteiger charge is 2.34. The van der Waals surface area contributed by atoms with Crippen molar-refractivity contribution in [2.75, 3.05) is 5.32 Å². The lowest BCUT2D eigenvalue weighted by atomic mass is 10.1. The number of aryl methyl sites for hydroxylation is 1. The van der Waals surface area contributed by atoms with Crippen LogP contribution in [0.3, 0.4) is 0 Å². The molecule has 0 saturated carbocycles. The summed E-state index contributed by atoms with van der Waals surface area (Å²) in [6, 6.07) is 12.6. The van der Waals surface area contributed by atoms with Crippen molar-refractivity contribution in [3.8, 4) is 0 Å². The zero-order chi connectivity index (χ0) is 20.5. The highest BCUT2D eigenvalue weighted by molar-refractivity contribution is 8.00. The number of amides is 1. The Balaban J connectivity index is 1.87. The van der Waals surface area contributed by atoms with Crippen molar-refractivity contribution >= 4 is 34.4 Å². The van der Waals surface area contributed by atoms with Crippen LogP contribution in [0.1, 0.15) is 19.4 Å². The highest BCUT2D eigenvalue weighted by atomic mass is 32.2. The Morgan fingerprint density at radius 1 is 1.11 bits per heavy atom. The quantitative estimate of drug-likeness (QED) is 0.580. The predicted octanol–water partition coefficient (Wildman–Crippen LogP) is 5.35. The van der Waals surface area contributed by atoms with E-state index in [0.29, 0.717) is 5.16 Å². The first kappa shape index (κ1) is 20.3. The van der Waals surface area contributed by atoms with Crippen LogP contribution in [0, 0.1) is 5.92 Å². The van der Waals surface area contributed by atoms with Crippen molar-refractivity contribution in [1.29, 1.82) is 0 Å². The number of aromatic nitrogens is 2. The average molecular weight is 407 g/mol. The molecule has 1 unspecified atom stereocenters. The molecular formula is C20H20F3N3OS. The van der Waals surface area contributed by atoms with Crippen molar-refractivity contribution in [3.05, 3.63) is 54.1 Å². The van der Waals surface area contributed by atoms with E-state index in [-0.39, 0.29) is 11.6 Å². The second-order valence-electron chi connectivity index (χ2n) is 6.76. The van der Waals surface area contributed by atoms with Gasteiger partial charge in [0.15, 0.2) is 5.16 Å². The van der Waals surface area contributed by atoms with Gasteiger partial charge in [0.05, 0.1) is 27.5 Å². The Bertz CT molecular complexity index is 998. The Labute approximate surface area is 165 Å². The summed E-state index contributed by atoms with van der Waals surface area (Å²) in [5.74, 6) is -0.591. The van der Waals surface area contributed by atoms with Crippen molar-refractivity contribution in [1.82, 2.24) is 9.55 Å². The number of thioether (sulfide) groups is 1. The molecule has 8 heteroatoms.